The first-order valence-electron chi connectivity index (χ1n) is 5.42. The van der Waals surface area contributed by atoms with E-state index in [9.17, 15) is 10.1 Å². The van der Waals surface area contributed by atoms with Crippen LogP contribution in [0.5, 0.6) is 0 Å². The summed E-state index contributed by atoms with van der Waals surface area (Å²) in [6, 6.07) is 6.52. The van der Waals surface area contributed by atoms with Gasteiger partial charge in [0.2, 0.25) is 0 Å². The van der Waals surface area contributed by atoms with Crippen LogP contribution in [0.3, 0.4) is 0 Å². The summed E-state index contributed by atoms with van der Waals surface area (Å²) in [5.74, 6) is 0. The van der Waals surface area contributed by atoms with E-state index in [0.29, 0.717) is 6.54 Å². The third kappa shape index (κ3) is 2.43. The summed E-state index contributed by atoms with van der Waals surface area (Å²) in [6.45, 7) is 4.52. The molecule has 0 spiro atoms. The van der Waals surface area contributed by atoms with E-state index in [1.165, 1.54) is 12.1 Å². The number of aromatic nitrogens is 2. The van der Waals surface area contributed by atoms with E-state index in [1.54, 1.807) is 12.1 Å². The third-order valence-electron chi connectivity index (χ3n) is 2.77. The number of benzene rings is 1. The Kier molecular flexibility index (Phi) is 3.47. The number of nitrogens with zero attached hydrogens (tertiary/aromatic N) is 3. The number of rotatable bonds is 3. The number of nitro benzene ring substituents is 1. The van der Waals surface area contributed by atoms with Gasteiger partial charge in [-0.25, -0.2) is 0 Å². The van der Waals surface area contributed by atoms with Gasteiger partial charge in [0.05, 0.1) is 27.3 Å². The Morgan fingerprint density at radius 3 is 2.39 bits per heavy atom. The lowest BCUT2D eigenvalue weighted by Crippen LogP contribution is -2.04. The van der Waals surface area contributed by atoms with Crippen molar-refractivity contribution in [3.63, 3.8) is 0 Å². The highest BCUT2D eigenvalue weighted by Gasteiger charge is 2.10. The lowest BCUT2D eigenvalue weighted by atomic mass is 10.2. The molecule has 0 saturated heterocycles. The van der Waals surface area contributed by atoms with E-state index < -0.39 is 4.92 Å². The molecule has 5 nitrogen and oxygen atoms in total. The van der Waals surface area contributed by atoms with Crippen molar-refractivity contribution in [2.75, 3.05) is 0 Å². The minimum atomic E-state index is -0.399. The van der Waals surface area contributed by atoms with E-state index >= 15 is 0 Å². The van der Waals surface area contributed by atoms with Gasteiger partial charge in [0.15, 0.2) is 0 Å². The van der Waals surface area contributed by atoms with Crippen molar-refractivity contribution < 1.29 is 4.92 Å². The van der Waals surface area contributed by atoms with Gasteiger partial charge < -0.3 is 0 Å². The lowest BCUT2D eigenvalue weighted by molar-refractivity contribution is -0.384. The molecular weight excluding hydrogens is 298 g/mol. The maximum atomic E-state index is 10.6. The van der Waals surface area contributed by atoms with Crippen LogP contribution in [0.25, 0.3) is 0 Å². The SMILES string of the molecule is Cc1nn(Cc2ccc([N+](=O)[O-])cc2)c(C)c1Br. The lowest BCUT2D eigenvalue weighted by Gasteiger charge is -2.04. The Morgan fingerprint density at radius 1 is 1.33 bits per heavy atom. The predicted molar refractivity (Wildman–Crippen MR) is 71.6 cm³/mol. The maximum Gasteiger partial charge on any atom is 0.269 e. The summed E-state index contributed by atoms with van der Waals surface area (Å²) >= 11 is 3.47. The van der Waals surface area contributed by atoms with Crippen LogP contribution in [-0.4, -0.2) is 14.7 Å². The van der Waals surface area contributed by atoms with Crippen molar-refractivity contribution in [3.8, 4) is 0 Å². The van der Waals surface area contributed by atoms with E-state index in [0.717, 1.165) is 21.4 Å². The summed E-state index contributed by atoms with van der Waals surface area (Å²) < 4.78 is 2.88. The van der Waals surface area contributed by atoms with Crippen LogP contribution in [0, 0.1) is 24.0 Å². The van der Waals surface area contributed by atoms with Crippen LogP contribution < -0.4 is 0 Å². The van der Waals surface area contributed by atoms with Gasteiger partial charge in [0, 0.05) is 12.1 Å². The first-order chi connectivity index (χ1) is 8.49. The largest absolute Gasteiger partial charge is 0.269 e. The topological polar surface area (TPSA) is 61.0 Å². The molecule has 0 atom stereocenters. The van der Waals surface area contributed by atoms with Gasteiger partial charge in [-0.15, -0.1) is 0 Å². The van der Waals surface area contributed by atoms with Crippen molar-refractivity contribution >= 4 is 21.6 Å². The van der Waals surface area contributed by atoms with Gasteiger partial charge in [-0.2, -0.15) is 5.10 Å². The zero-order valence-electron chi connectivity index (χ0n) is 10.1. The van der Waals surface area contributed by atoms with Gasteiger partial charge in [0.25, 0.3) is 5.69 Å². The number of non-ortho nitro benzene ring substituents is 1. The molecule has 1 aromatic carbocycles. The average Bonchev–Trinajstić information content (AvgIpc) is 2.58. The number of hydrogen-bond donors (Lipinski definition) is 0. The van der Waals surface area contributed by atoms with Crippen LogP contribution in [0.4, 0.5) is 5.69 Å². The summed E-state index contributed by atoms with van der Waals surface area (Å²) in [7, 11) is 0. The number of halogens is 1. The van der Waals surface area contributed by atoms with E-state index in [1.807, 2.05) is 18.5 Å². The predicted octanol–water partition coefficient (Wildman–Crippen LogP) is 3.22. The number of aryl methyl sites for hydroxylation is 1. The molecule has 0 aliphatic heterocycles. The van der Waals surface area contributed by atoms with Crippen LogP contribution >= 0.6 is 15.9 Å². The quantitative estimate of drug-likeness (QED) is 0.646. The standard InChI is InChI=1S/C12H12BrN3O2/c1-8-12(13)9(2)15(14-8)7-10-3-5-11(6-4-10)16(17)18/h3-6H,7H2,1-2H3. The normalized spacial score (nSPS) is 10.6. The number of nitro groups is 1. The molecule has 18 heavy (non-hydrogen) atoms. The second kappa shape index (κ2) is 4.89. The van der Waals surface area contributed by atoms with Gasteiger partial charge >= 0.3 is 0 Å². The molecule has 6 heteroatoms. The first kappa shape index (κ1) is 12.8. The molecule has 0 amide bonds. The fourth-order valence-electron chi connectivity index (χ4n) is 1.73. The van der Waals surface area contributed by atoms with Gasteiger partial charge in [-0.1, -0.05) is 12.1 Å². The Morgan fingerprint density at radius 2 is 1.94 bits per heavy atom. The molecule has 94 valence electrons. The molecule has 0 aliphatic carbocycles. The zero-order chi connectivity index (χ0) is 13.3. The average molecular weight is 310 g/mol. The van der Waals surface area contributed by atoms with Gasteiger partial charge in [-0.05, 0) is 35.3 Å². The Balaban J connectivity index is 2.23. The minimum Gasteiger partial charge on any atom is -0.264 e. The van der Waals surface area contributed by atoms with Crippen molar-refractivity contribution in [2.45, 2.75) is 20.4 Å². The molecule has 1 aromatic heterocycles. The highest BCUT2D eigenvalue weighted by molar-refractivity contribution is 9.10. The Hall–Kier alpha value is -1.69. The van der Waals surface area contributed by atoms with E-state index in [4.69, 9.17) is 0 Å². The second-order valence-electron chi connectivity index (χ2n) is 4.07. The highest BCUT2D eigenvalue weighted by atomic mass is 79.9. The van der Waals surface area contributed by atoms with E-state index in [-0.39, 0.29) is 5.69 Å². The third-order valence-corrected chi connectivity index (χ3v) is 3.92. The van der Waals surface area contributed by atoms with Crippen LogP contribution in [0.15, 0.2) is 28.7 Å². The summed E-state index contributed by atoms with van der Waals surface area (Å²) in [5.41, 5.74) is 3.08. The molecule has 0 aliphatic rings. The highest BCUT2D eigenvalue weighted by Crippen LogP contribution is 2.21. The van der Waals surface area contributed by atoms with Crippen LogP contribution in [-0.2, 0) is 6.54 Å². The summed E-state index contributed by atoms with van der Waals surface area (Å²) in [6.07, 6.45) is 0. The molecule has 0 bridgehead atoms. The molecule has 0 saturated carbocycles. The van der Waals surface area contributed by atoms with Crippen LogP contribution in [0.1, 0.15) is 17.0 Å². The maximum absolute atomic E-state index is 10.6. The Bertz CT molecular complexity index is 590. The monoisotopic (exact) mass is 309 g/mol. The van der Waals surface area contributed by atoms with Crippen molar-refractivity contribution in [1.82, 2.24) is 9.78 Å². The number of hydrogen-bond acceptors (Lipinski definition) is 3. The Labute approximate surface area is 113 Å². The molecular formula is C12H12BrN3O2. The van der Waals surface area contributed by atoms with Gasteiger partial charge in [-0.3, -0.25) is 14.8 Å². The summed E-state index contributed by atoms with van der Waals surface area (Å²) in [5, 5.41) is 15.0. The molecule has 0 fully saturated rings. The van der Waals surface area contributed by atoms with E-state index in [2.05, 4.69) is 21.0 Å². The van der Waals surface area contributed by atoms with Gasteiger partial charge in [0.1, 0.15) is 0 Å². The zero-order valence-corrected chi connectivity index (χ0v) is 11.6. The fourth-order valence-corrected chi connectivity index (χ4v) is 2.01. The van der Waals surface area contributed by atoms with Crippen LogP contribution in [0.2, 0.25) is 0 Å². The fraction of sp³-hybridized carbons (Fsp3) is 0.250. The smallest absolute Gasteiger partial charge is 0.264 e. The molecule has 1 heterocycles. The molecule has 2 aromatic rings. The molecule has 0 unspecified atom stereocenters. The van der Waals surface area contributed by atoms with Crippen molar-refractivity contribution in [3.05, 3.63) is 55.8 Å². The molecule has 0 radical (unpaired) electrons. The molecule has 2 rings (SSSR count). The van der Waals surface area contributed by atoms with Crippen molar-refractivity contribution in [2.24, 2.45) is 0 Å². The van der Waals surface area contributed by atoms with Crippen molar-refractivity contribution in [1.29, 1.82) is 0 Å². The summed E-state index contributed by atoms with van der Waals surface area (Å²) in [4.78, 5) is 10.2. The minimum absolute atomic E-state index is 0.105. The molecule has 0 N–H and O–H groups in total. The second-order valence-corrected chi connectivity index (χ2v) is 4.86. The first-order valence-corrected chi connectivity index (χ1v) is 6.21.